The minimum atomic E-state index is 0.220. The minimum absolute atomic E-state index is 0.220. The minimum Gasteiger partial charge on any atom is -0.508 e. The van der Waals surface area contributed by atoms with Gasteiger partial charge in [-0.2, -0.15) is 0 Å². The highest BCUT2D eigenvalue weighted by Crippen LogP contribution is 2.23. The molecule has 3 nitrogen and oxygen atoms in total. The van der Waals surface area contributed by atoms with Crippen molar-refractivity contribution in [1.29, 1.82) is 0 Å². The summed E-state index contributed by atoms with van der Waals surface area (Å²) in [5, 5.41) is 10.00. The lowest BCUT2D eigenvalue weighted by molar-refractivity contribution is 0.476. The Morgan fingerprint density at radius 3 is 2.92 bits per heavy atom. The summed E-state index contributed by atoms with van der Waals surface area (Å²) in [6.45, 7) is 0. The van der Waals surface area contributed by atoms with Gasteiger partial charge in [0.2, 0.25) is 0 Å². The molecule has 1 aromatic heterocycles. The molecule has 0 radical (unpaired) electrons. The first-order chi connectivity index (χ1) is 5.77. The molecule has 1 heterocycles. The fourth-order valence-corrected chi connectivity index (χ4v) is 1.42. The predicted molar refractivity (Wildman–Crippen MR) is 48.9 cm³/mol. The van der Waals surface area contributed by atoms with Crippen LogP contribution in [-0.2, 0) is 0 Å². The zero-order chi connectivity index (χ0) is 8.55. The number of hydrogen-bond acceptors (Lipinski definition) is 3. The van der Waals surface area contributed by atoms with Gasteiger partial charge in [-0.05, 0) is 34.1 Å². The highest BCUT2D eigenvalue weighted by Gasteiger charge is 2.00. The van der Waals surface area contributed by atoms with Crippen molar-refractivity contribution < 1.29 is 5.11 Å². The average molecular weight is 225 g/mol. The zero-order valence-electron chi connectivity index (χ0n) is 6.03. The summed E-state index contributed by atoms with van der Waals surface area (Å²) in [6, 6.07) is 4.97. The van der Waals surface area contributed by atoms with Crippen LogP contribution in [0.1, 0.15) is 0 Å². The highest BCUT2D eigenvalue weighted by molar-refractivity contribution is 9.10. The number of phenols is 1. The average Bonchev–Trinajstić information content (AvgIpc) is 2.07. The molecule has 2 rings (SSSR count). The molecule has 0 fully saturated rings. The maximum atomic E-state index is 9.18. The van der Waals surface area contributed by atoms with Crippen molar-refractivity contribution in [3.8, 4) is 5.75 Å². The fraction of sp³-hybridized carbons (Fsp3) is 0. The molecule has 0 aliphatic carbocycles. The van der Waals surface area contributed by atoms with Crippen molar-refractivity contribution >= 4 is 26.8 Å². The van der Waals surface area contributed by atoms with Gasteiger partial charge in [-0.15, -0.1) is 0 Å². The van der Waals surface area contributed by atoms with Gasteiger partial charge in [-0.25, -0.2) is 9.97 Å². The second kappa shape index (κ2) is 2.71. The van der Waals surface area contributed by atoms with Crippen LogP contribution in [0.5, 0.6) is 5.75 Å². The Morgan fingerprint density at radius 1 is 1.25 bits per heavy atom. The van der Waals surface area contributed by atoms with Crippen molar-refractivity contribution in [3.05, 3.63) is 29.1 Å². The van der Waals surface area contributed by atoms with Gasteiger partial charge in [-0.3, -0.25) is 0 Å². The van der Waals surface area contributed by atoms with E-state index in [2.05, 4.69) is 25.9 Å². The third-order valence-electron chi connectivity index (χ3n) is 1.57. The van der Waals surface area contributed by atoms with Gasteiger partial charge in [0, 0.05) is 5.39 Å². The molecule has 60 valence electrons. The number of rotatable bonds is 0. The molecule has 0 amide bonds. The van der Waals surface area contributed by atoms with Gasteiger partial charge < -0.3 is 5.11 Å². The molecular weight excluding hydrogens is 220 g/mol. The number of halogens is 1. The molecule has 1 aromatic carbocycles. The van der Waals surface area contributed by atoms with Gasteiger partial charge in [0.25, 0.3) is 0 Å². The van der Waals surface area contributed by atoms with Crippen LogP contribution in [0, 0.1) is 0 Å². The van der Waals surface area contributed by atoms with Crippen LogP contribution in [0.15, 0.2) is 29.1 Å². The summed E-state index contributed by atoms with van der Waals surface area (Å²) in [5.74, 6) is 0.220. The zero-order valence-corrected chi connectivity index (χ0v) is 7.62. The molecule has 1 N–H and O–H groups in total. The first-order valence-corrected chi connectivity index (χ1v) is 4.16. The largest absolute Gasteiger partial charge is 0.508 e. The molecule has 4 heteroatoms. The molecule has 0 aliphatic heterocycles. The number of nitrogens with zero attached hydrogens (tertiary/aromatic N) is 2. The van der Waals surface area contributed by atoms with Crippen molar-refractivity contribution in [2.24, 2.45) is 0 Å². The quantitative estimate of drug-likeness (QED) is 0.698. The Kier molecular flexibility index (Phi) is 1.69. The highest BCUT2D eigenvalue weighted by atomic mass is 79.9. The van der Waals surface area contributed by atoms with E-state index >= 15 is 0 Å². The lowest BCUT2D eigenvalue weighted by atomic mass is 10.2. The SMILES string of the molecule is Oc1ccc2ncnc(Br)c2c1. The molecule has 2 aromatic rings. The summed E-state index contributed by atoms with van der Waals surface area (Å²) >= 11 is 3.27. The van der Waals surface area contributed by atoms with E-state index in [1.54, 1.807) is 18.2 Å². The summed E-state index contributed by atoms with van der Waals surface area (Å²) < 4.78 is 0.698. The summed E-state index contributed by atoms with van der Waals surface area (Å²) in [7, 11) is 0. The Bertz CT molecular complexity index is 430. The smallest absolute Gasteiger partial charge is 0.117 e. The first kappa shape index (κ1) is 7.49. The van der Waals surface area contributed by atoms with Crippen LogP contribution in [0.25, 0.3) is 10.9 Å². The number of aromatic hydroxyl groups is 1. The molecule has 0 atom stereocenters. The van der Waals surface area contributed by atoms with Gasteiger partial charge >= 0.3 is 0 Å². The molecule has 0 saturated heterocycles. The lowest BCUT2D eigenvalue weighted by Gasteiger charge is -1.98. The van der Waals surface area contributed by atoms with Gasteiger partial charge in [0.1, 0.15) is 16.7 Å². The molecular formula is C8H5BrN2O. The first-order valence-electron chi connectivity index (χ1n) is 3.36. The Labute approximate surface area is 77.2 Å². The maximum Gasteiger partial charge on any atom is 0.117 e. The topological polar surface area (TPSA) is 46.0 Å². The fourth-order valence-electron chi connectivity index (χ4n) is 1.01. The number of aromatic nitrogens is 2. The second-order valence-electron chi connectivity index (χ2n) is 2.37. The molecule has 0 saturated carbocycles. The van der Waals surface area contributed by atoms with Crippen molar-refractivity contribution in [3.63, 3.8) is 0 Å². The Morgan fingerprint density at radius 2 is 2.08 bits per heavy atom. The lowest BCUT2D eigenvalue weighted by Crippen LogP contribution is -1.82. The summed E-state index contributed by atoms with van der Waals surface area (Å²) in [4.78, 5) is 7.97. The molecule has 0 bridgehead atoms. The number of fused-ring (bicyclic) bond motifs is 1. The summed E-state index contributed by atoms with van der Waals surface area (Å²) in [6.07, 6.45) is 1.48. The van der Waals surface area contributed by atoms with E-state index in [0.29, 0.717) is 4.60 Å². The standard InChI is InChI=1S/C8H5BrN2O/c9-8-6-3-5(12)1-2-7(6)10-4-11-8/h1-4,12H. The van der Waals surface area contributed by atoms with Gasteiger partial charge in [-0.1, -0.05) is 0 Å². The van der Waals surface area contributed by atoms with Crippen LogP contribution in [0.4, 0.5) is 0 Å². The van der Waals surface area contributed by atoms with Crippen LogP contribution >= 0.6 is 15.9 Å². The maximum absolute atomic E-state index is 9.18. The van der Waals surface area contributed by atoms with Crippen LogP contribution in [-0.4, -0.2) is 15.1 Å². The third-order valence-corrected chi connectivity index (χ3v) is 2.20. The van der Waals surface area contributed by atoms with E-state index in [4.69, 9.17) is 0 Å². The predicted octanol–water partition coefficient (Wildman–Crippen LogP) is 2.10. The van der Waals surface area contributed by atoms with Crippen LogP contribution < -0.4 is 0 Å². The third kappa shape index (κ3) is 1.14. The Hall–Kier alpha value is -1.16. The van der Waals surface area contributed by atoms with E-state index in [1.165, 1.54) is 6.33 Å². The van der Waals surface area contributed by atoms with E-state index in [9.17, 15) is 5.11 Å². The number of benzene rings is 1. The van der Waals surface area contributed by atoms with Gasteiger partial charge in [0.05, 0.1) is 5.52 Å². The normalized spacial score (nSPS) is 10.4. The van der Waals surface area contributed by atoms with E-state index in [0.717, 1.165) is 10.9 Å². The van der Waals surface area contributed by atoms with Gasteiger partial charge in [0.15, 0.2) is 0 Å². The number of phenolic OH excluding ortho intramolecular Hbond substituents is 1. The van der Waals surface area contributed by atoms with E-state index in [-0.39, 0.29) is 5.75 Å². The summed E-state index contributed by atoms with van der Waals surface area (Å²) in [5.41, 5.74) is 0.815. The van der Waals surface area contributed by atoms with Crippen molar-refractivity contribution in [2.75, 3.05) is 0 Å². The Balaban J connectivity index is 2.88. The van der Waals surface area contributed by atoms with E-state index in [1.807, 2.05) is 0 Å². The van der Waals surface area contributed by atoms with Crippen LogP contribution in [0.2, 0.25) is 0 Å². The molecule has 0 unspecified atom stereocenters. The van der Waals surface area contributed by atoms with Crippen molar-refractivity contribution in [2.45, 2.75) is 0 Å². The number of hydrogen-bond donors (Lipinski definition) is 1. The second-order valence-corrected chi connectivity index (χ2v) is 3.12. The molecule has 12 heavy (non-hydrogen) atoms. The van der Waals surface area contributed by atoms with Crippen molar-refractivity contribution in [1.82, 2.24) is 9.97 Å². The van der Waals surface area contributed by atoms with Crippen LogP contribution in [0.3, 0.4) is 0 Å². The molecule has 0 aliphatic rings. The van der Waals surface area contributed by atoms with E-state index < -0.39 is 0 Å². The monoisotopic (exact) mass is 224 g/mol. The molecule has 0 spiro atoms.